The summed E-state index contributed by atoms with van der Waals surface area (Å²) in [5, 5.41) is 9.11. The van der Waals surface area contributed by atoms with Gasteiger partial charge in [0.15, 0.2) is 0 Å². The molecule has 2 aromatic rings. The van der Waals surface area contributed by atoms with E-state index in [0.717, 1.165) is 42.1 Å². The molecule has 3 N–H and O–H groups in total. The van der Waals surface area contributed by atoms with Crippen molar-refractivity contribution in [1.82, 2.24) is 24.8 Å². The summed E-state index contributed by atoms with van der Waals surface area (Å²) in [6, 6.07) is -0.224. The summed E-state index contributed by atoms with van der Waals surface area (Å²) in [4.78, 5) is 1.01. The first-order valence-electron chi connectivity index (χ1n) is 6.71. The standard InChI is InChI=1S/C12H19ClN6S/c1-3-5-9-12(20-18-17-9)10(16-14)11-8(13)7-15-19(11)6-4-2/h7,10,16H,3-6,14H2,1-2H3. The summed E-state index contributed by atoms with van der Waals surface area (Å²) in [7, 11) is 0. The highest BCUT2D eigenvalue weighted by Gasteiger charge is 2.25. The zero-order chi connectivity index (χ0) is 14.5. The molecule has 2 heterocycles. The van der Waals surface area contributed by atoms with E-state index < -0.39 is 0 Å². The second-order valence-corrected chi connectivity index (χ2v) is 5.73. The fourth-order valence-corrected chi connectivity index (χ4v) is 3.18. The number of halogens is 1. The Balaban J connectivity index is 2.41. The minimum Gasteiger partial charge on any atom is -0.270 e. The lowest BCUT2D eigenvalue weighted by molar-refractivity contribution is 0.522. The number of aromatic nitrogens is 4. The highest BCUT2D eigenvalue weighted by Crippen LogP contribution is 2.31. The molecule has 0 radical (unpaired) electrons. The number of nitrogens with zero attached hydrogens (tertiary/aromatic N) is 4. The molecule has 6 nitrogen and oxygen atoms in total. The van der Waals surface area contributed by atoms with Crippen molar-refractivity contribution >= 4 is 23.1 Å². The molecule has 0 aliphatic carbocycles. The van der Waals surface area contributed by atoms with Gasteiger partial charge in [-0.05, 0) is 24.4 Å². The molecular formula is C12H19ClN6S. The Morgan fingerprint density at radius 1 is 1.45 bits per heavy atom. The largest absolute Gasteiger partial charge is 0.270 e. The van der Waals surface area contributed by atoms with Gasteiger partial charge in [0.25, 0.3) is 0 Å². The minimum absolute atomic E-state index is 0.224. The van der Waals surface area contributed by atoms with Gasteiger partial charge in [-0.15, -0.1) is 5.10 Å². The topological polar surface area (TPSA) is 81.7 Å². The Morgan fingerprint density at radius 2 is 2.25 bits per heavy atom. The minimum atomic E-state index is -0.224. The van der Waals surface area contributed by atoms with E-state index in [4.69, 9.17) is 17.4 Å². The first-order valence-corrected chi connectivity index (χ1v) is 7.86. The van der Waals surface area contributed by atoms with Crippen LogP contribution in [0, 0.1) is 0 Å². The highest BCUT2D eigenvalue weighted by atomic mass is 35.5. The van der Waals surface area contributed by atoms with Gasteiger partial charge in [0.2, 0.25) is 0 Å². The fourth-order valence-electron chi connectivity index (χ4n) is 2.17. The van der Waals surface area contributed by atoms with Crippen LogP contribution in [0.4, 0.5) is 0 Å². The third-order valence-corrected chi connectivity index (χ3v) is 4.17. The van der Waals surface area contributed by atoms with Crippen molar-refractivity contribution in [2.45, 2.75) is 45.7 Å². The fraction of sp³-hybridized carbons (Fsp3) is 0.583. The molecule has 0 aliphatic rings. The molecule has 20 heavy (non-hydrogen) atoms. The lowest BCUT2D eigenvalue weighted by Crippen LogP contribution is -2.31. The zero-order valence-electron chi connectivity index (χ0n) is 11.6. The Bertz CT molecular complexity index is 552. The number of hydrazine groups is 1. The lowest BCUT2D eigenvalue weighted by Gasteiger charge is -2.17. The molecule has 0 spiro atoms. The summed E-state index contributed by atoms with van der Waals surface area (Å²) in [5.41, 5.74) is 4.68. The highest BCUT2D eigenvalue weighted by molar-refractivity contribution is 7.05. The third kappa shape index (κ3) is 3.01. The quantitative estimate of drug-likeness (QED) is 0.605. The third-order valence-electron chi connectivity index (χ3n) is 3.04. The lowest BCUT2D eigenvalue weighted by atomic mass is 10.1. The molecule has 8 heteroatoms. The summed E-state index contributed by atoms with van der Waals surface area (Å²) >= 11 is 7.64. The molecular weight excluding hydrogens is 296 g/mol. The van der Waals surface area contributed by atoms with Crippen LogP contribution in [-0.4, -0.2) is 19.4 Å². The van der Waals surface area contributed by atoms with Crippen molar-refractivity contribution in [1.29, 1.82) is 0 Å². The van der Waals surface area contributed by atoms with Gasteiger partial charge in [-0.3, -0.25) is 10.5 Å². The smallest absolute Gasteiger partial charge is 0.102 e. The van der Waals surface area contributed by atoms with E-state index in [1.807, 2.05) is 4.68 Å². The average molecular weight is 315 g/mol. The van der Waals surface area contributed by atoms with Crippen LogP contribution in [-0.2, 0) is 13.0 Å². The zero-order valence-corrected chi connectivity index (χ0v) is 13.2. The number of aryl methyl sites for hydroxylation is 2. The van der Waals surface area contributed by atoms with Crippen LogP contribution in [0.1, 0.15) is 49.0 Å². The number of nitrogens with two attached hydrogens (primary N) is 1. The van der Waals surface area contributed by atoms with Gasteiger partial charge >= 0.3 is 0 Å². The van der Waals surface area contributed by atoms with Crippen LogP contribution in [0.15, 0.2) is 6.20 Å². The summed E-state index contributed by atoms with van der Waals surface area (Å²) in [6.45, 7) is 5.01. The van der Waals surface area contributed by atoms with Crippen LogP contribution in [0.3, 0.4) is 0 Å². The molecule has 0 aliphatic heterocycles. The molecule has 0 saturated carbocycles. The predicted molar refractivity (Wildman–Crippen MR) is 80.6 cm³/mol. The monoisotopic (exact) mass is 314 g/mol. The molecule has 1 atom stereocenters. The van der Waals surface area contributed by atoms with Crippen molar-refractivity contribution in [2.75, 3.05) is 0 Å². The molecule has 2 rings (SSSR count). The summed E-state index contributed by atoms with van der Waals surface area (Å²) < 4.78 is 5.94. The molecule has 0 aromatic carbocycles. The summed E-state index contributed by atoms with van der Waals surface area (Å²) in [5.74, 6) is 5.76. The van der Waals surface area contributed by atoms with E-state index in [2.05, 4.69) is 34.0 Å². The van der Waals surface area contributed by atoms with E-state index in [9.17, 15) is 0 Å². The molecule has 2 aromatic heterocycles. The number of hydrogen-bond acceptors (Lipinski definition) is 6. The van der Waals surface area contributed by atoms with E-state index in [0.29, 0.717) is 5.02 Å². The SMILES string of the molecule is CCCc1nnsc1C(NN)c1c(Cl)cnn1CCC. The molecule has 0 saturated heterocycles. The normalized spacial score (nSPS) is 12.8. The van der Waals surface area contributed by atoms with Crippen molar-refractivity contribution in [2.24, 2.45) is 5.84 Å². The second-order valence-electron chi connectivity index (χ2n) is 4.53. The molecule has 0 bridgehead atoms. The van der Waals surface area contributed by atoms with Crippen molar-refractivity contribution in [3.05, 3.63) is 27.5 Å². The first-order chi connectivity index (χ1) is 9.72. The molecule has 0 fully saturated rings. The van der Waals surface area contributed by atoms with Crippen molar-refractivity contribution in [3.63, 3.8) is 0 Å². The number of rotatable bonds is 7. The van der Waals surface area contributed by atoms with E-state index in [-0.39, 0.29) is 6.04 Å². The first kappa shape index (κ1) is 15.4. The van der Waals surface area contributed by atoms with Gasteiger partial charge in [-0.2, -0.15) is 5.10 Å². The van der Waals surface area contributed by atoms with Crippen LogP contribution >= 0.6 is 23.1 Å². The average Bonchev–Trinajstić information content (AvgIpc) is 3.02. The second kappa shape index (κ2) is 7.12. The van der Waals surface area contributed by atoms with Crippen LogP contribution in [0.2, 0.25) is 5.02 Å². The Hall–Kier alpha value is -1.02. The predicted octanol–water partition coefficient (Wildman–Crippen LogP) is 2.30. The van der Waals surface area contributed by atoms with Crippen LogP contribution < -0.4 is 11.3 Å². The van der Waals surface area contributed by atoms with Gasteiger partial charge < -0.3 is 0 Å². The van der Waals surface area contributed by atoms with Crippen molar-refractivity contribution in [3.8, 4) is 0 Å². The van der Waals surface area contributed by atoms with Gasteiger partial charge in [0, 0.05) is 6.54 Å². The van der Waals surface area contributed by atoms with E-state index in [1.54, 1.807) is 6.20 Å². The maximum absolute atomic E-state index is 6.29. The number of hydrogen-bond donors (Lipinski definition) is 2. The molecule has 1 unspecified atom stereocenters. The van der Waals surface area contributed by atoms with Gasteiger partial charge in [-0.1, -0.05) is 36.4 Å². The van der Waals surface area contributed by atoms with Crippen LogP contribution in [0.5, 0.6) is 0 Å². The summed E-state index contributed by atoms with van der Waals surface area (Å²) in [6.07, 6.45) is 4.52. The van der Waals surface area contributed by atoms with Gasteiger partial charge in [-0.25, -0.2) is 5.43 Å². The van der Waals surface area contributed by atoms with Crippen LogP contribution in [0.25, 0.3) is 0 Å². The molecule has 0 amide bonds. The maximum Gasteiger partial charge on any atom is 0.102 e. The van der Waals surface area contributed by atoms with E-state index >= 15 is 0 Å². The van der Waals surface area contributed by atoms with Gasteiger partial charge in [0.05, 0.1) is 27.5 Å². The maximum atomic E-state index is 6.29. The van der Waals surface area contributed by atoms with Gasteiger partial charge in [0.1, 0.15) is 6.04 Å². The number of nitrogens with one attached hydrogen (secondary N) is 1. The molecule has 110 valence electrons. The Morgan fingerprint density at radius 3 is 2.90 bits per heavy atom. The Labute approximate surface area is 127 Å². The van der Waals surface area contributed by atoms with Crippen molar-refractivity contribution < 1.29 is 0 Å². The van der Waals surface area contributed by atoms with E-state index in [1.165, 1.54) is 11.5 Å². The Kier molecular flexibility index (Phi) is 5.47.